The lowest BCUT2D eigenvalue weighted by Crippen LogP contribution is -2.35. The minimum absolute atomic E-state index is 0.388. The van der Waals surface area contributed by atoms with Crippen molar-refractivity contribution in [2.45, 2.75) is 40.2 Å². The van der Waals surface area contributed by atoms with Crippen molar-refractivity contribution in [3.05, 3.63) is 47.7 Å². The van der Waals surface area contributed by atoms with Crippen molar-refractivity contribution in [3.8, 4) is 11.8 Å². The van der Waals surface area contributed by atoms with Gasteiger partial charge < -0.3 is 20.5 Å². The van der Waals surface area contributed by atoms with Gasteiger partial charge in [0.25, 0.3) is 0 Å². The van der Waals surface area contributed by atoms with E-state index in [1.165, 1.54) is 4.90 Å². The SMILES string of the molecule is CCOc1ccc(N(C(=O)OC(C)(C)C)c2c(C)c(NCCN)c(C#N)c3ccnn23)cc1. The van der Waals surface area contributed by atoms with Gasteiger partial charge in [-0.1, -0.05) is 0 Å². The third kappa shape index (κ3) is 5.02. The lowest BCUT2D eigenvalue weighted by molar-refractivity contribution is 0.0597. The molecule has 9 heteroatoms. The van der Waals surface area contributed by atoms with Gasteiger partial charge in [-0.3, -0.25) is 0 Å². The lowest BCUT2D eigenvalue weighted by atomic mass is 10.1. The van der Waals surface area contributed by atoms with Crippen molar-refractivity contribution >= 4 is 28.8 Å². The number of carbonyl (C=O) groups excluding carboxylic acids is 1. The van der Waals surface area contributed by atoms with Crippen LogP contribution in [0.1, 0.15) is 38.8 Å². The Morgan fingerprint density at radius 2 is 1.97 bits per heavy atom. The molecule has 1 aromatic carbocycles. The fourth-order valence-corrected chi connectivity index (χ4v) is 3.52. The van der Waals surface area contributed by atoms with Crippen molar-refractivity contribution in [2.24, 2.45) is 5.73 Å². The molecule has 0 aliphatic carbocycles. The number of ether oxygens (including phenoxy) is 2. The first kappa shape index (κ1) is 23.9. The summed E-state index contributed by atoms with van der Waals surface area (Å²) in [6.45, 7) is 10.6. The number of nitriles is 1. The van der Waals surface area contributed by atoms with E-state index in [1.807, 2.05) is 34.6 Å². The first-order chi connectivity index (χ1) is 15.7. The maximum absolute atomic E-state index is 13.5. The number of hydrogen-bond donors (Lipinski definition) is 2. The first-order valence-electron chi connectivity index (χ1n) is 10.8. The molecule has 0 atom stereocenters. The molecule has 0 aliphatic rings. The van der Waals surface area contributed by atoms with Gasteiger partial charge in [-0.05, 0) is 65.0 Å². The van der Waals surface area contributed by atoms with Gasteiger partial charge in [0.1, 0.15) is 28.8 Å². The summed E-state index contributed by atoms with van der Waals surface area (Å²) < 4.78 is 12.9. The number of nitrogens with zero attached hydrogens (tertiary/aromatic N) is 4. The molecule has 0 fully saturated rings. The van der Waals surface area contributed by atoms with Crippen LogP contribution in [0.5, 0.6) is 5.75 Å². The predicted octanol–water partition coefficient (Wildman–Crippen LogP) is 4.36. The van der Waals surface area contributed by atoms with Gasteiger partial charge in [0.05, 0.1) is 29.7 Å². The van der Waals surface area contributed by atoms with Crippen LogP contribution in [0, 0.1) is 18.3 Å². The number of rotatable bonds is 7. The molecule has 174 valence electrons. The highest BCUT2D eigenvalue weighted by Gasteiger charge is 2.30. The summed E-state index contributed by atoms with van der Waals surface area (Å²) in [6, 6.07) is 11.2. The van der Waals surface area contributed by atoms with E-state index in [0.717, 1.165) is 0 Å². The van der Waals surface area contributed by atoms with Crippen LogP contribution in [0.3, 0.4) is 0 Å². The van der Waals surface area contributed by atoms with E-state index in [1.54, 1.807) is 41.0 Å². The van der Waals surface area contributed by atoms with Crippen LogP contribution in [0.25, 0.3) is 5.52 Å². The fourth-order valence-electron chi connectivity index (χ4n) is 3.52. The molecule has 0 bridgehead atoms. The summed E-state index contributed by atoms with van der Waals surface area (Å²) in [5, 5.41) is 17.5. The monoisotopic (exact) mass is 450 g/mol. The van der Waals surface area contributed by atoms with Crippen LogP contribution in [-0.4, -0.2) is 41.0 Å². The number of amides is 1. The van der Waals surface area contributed by atoms with Crippen molar-refractivity contribution < 1.29 is 14.3 Å². The Balaban J connectivity index is 2.28. The normalized spacial score (nSPS) is 11.2. The molecule has 0 saturated heterocycles. The van der Waals surface area contributed by atoms with E-state index in [-0.39, 0.29) is 0 Å². The molecule has 0 saturated carbocycles. The van der Waals surface area contributed by atoms with Crippen LogP contribution in [0.15, 0.2) is 36.5 Å². The molecule has 0 aliphatic heterocycles. The van der Waals surface area contributed by atoms with Crippen LogP contribution < -0.4 is 20.7 Å². The van der Waals surface area contributed by atoms with E-state index in [0.29, 0.717) is 59.3 Å². The maximum Gasteiger partial charge on any atom is 0.420 e. The number of benzene rings is 1. The Labute approximate surface area is 193 Å². The van der Waals surface area contributed by atoms with Gasteiger partial charge in [0.15, 0.2) is 0 Å². The van der Waals surface area contributed by atoms with E-state index >= 15 is 0 Å². The molecule has 3 aromatic rings. The van der Waals surface area contributed by atoms with Crippen LogP contribution in [-0.2, 0) is 4.74 Å². The number of anilines is 3. The number of nitrogens with one attached hydrogen (secondary N) is 1. The van der Waals surface area contributed by atoms with Crippen molar-refractivity contribution in [1.29, 1.82) is 5.26 Å². The molecular weight excluding hydrogens is 420 g/mol. The smallest absolute Gasteiger partial charge is 0.420 e. The number of pyridine rings is 1. The summed E-state index contributed by atoms with van der Waals surface area (Å²) >= 11 is 0. The second kappa shape index (κ2) is 9.79. The topological polar surface area (TPSA) is 118 Å². The maximum atomic E-state index is 13.5. The van der Waals surface area contributed by atoms with Crippen molar-refractivity contribution in [3.63, 3.8) is 0 Å². The van der Waals surface area contributed by atoms with Crippen LogP contribution >= 0.6 is 0 Å². The number of fused-ring (bicyclic) bond motifs is 1. The third-order valence-corrected chi connectivity index (χ3v) is 4.81. The Hall–Kier alpha value is -3.77. The average molecular weight is 451 g/mol. The van der Waals surface area contributed by atoms with Crippen molar-refractivity contribution in [1.82, 2.24) is 9.61 Å². The zero-order valence-corrected chi connectivity index (χ0v) is 19.7. The van der Waals surface area contributed by atoms with Gasteiger partial charge in [0, 0.05) is 18.7 Å². The molecular formula is C24H30N6O3. The molecule has 0 radical (unpaired) electrons. The second-order valence-electron chi connectivity index (χ2n) is 8.40. The van der Waals surface area contributed by atoms with E-state index in [2.05, 4.69) is 16.5 Å². The second-order valence-corrected chi connectivity index (χ2v) is 8.40. The summed E-state index contributed by atoms with van der Waals surface area (Å²) in [5.41, 5.74) is 7.81. The molecule has 9 nitrogen and oxygen atoms in total. The third-order valence-electron chi connectivity index (χ3n) is 4.81. The molecule has 0 unspecified atom stereocenters. The first-order valence-corrected chi connectivity index (χ1v) is 10.8. The largest absolute Gasteiger partial charge is 0.494 e. The number of hydrogen-bond acceptors (Lipinski definition) is 7. The van der Waals surface area contributed by atoms with Crippen LogP contribution in [0.4, 0.5) is 22.0 Å². The Kier molecular flexibility index (Phi) is 7.09. The quantitative estimate of drug-likeness (QED) is 0.549. The van der Waals surface area contributed by atoms with Gasteiger partial charge in [-0.2, -0.15) is 10.4 Å². The summed E-state index contributed by atoms with van der Waals surface area (Å²) in [4.78, 5) is 15.0. The highest BCUT2D eigenvalue weighted by molar-refractivity contribution is 5.98. The van der Waals surface area contributed by atoms with E-state index in [4.69, 9.17) is 15.2 Å². The zero-order chi connectivity index (χ0) is 24.2. The highest BCUT2D eigenvalue weighted by atomic mass is 16.6. The Morgan fingerprint density at radius 3 is 2.55 bits per heavy atom. The predicted molar refractivity (Wildman–Crippen MR) is 128 cm³/mol. The lowest BCUT2D eigenvalue weighted by Gasteiger charge is -2.30. The molecule has 2 aromatic heterocycles. The number of carbonyl (C=O) groups is 1. The fraction of sp³-hybridized carbons (Fsp3) is 0.375. The average Bonchev–Trinajstić information content (AvgIpc) is 3.23. The van der Waals surface area contributed by atoms with E-state index in [9.17, 15) is 10.1 Å². The van der Waals surface area contributed by atoms with Gasteiger partial charge in [-0.25, -0.2) is 14.2 Å². The minimum atomic E-state index is -0.717. The van der Waals surface area contributed by atoms with Gasteiger partial charge in [-0.15, -0.1) is 0 Å². The molecule has 3 N–H and O–H groups in total. The van der Waals surface area contributed by atoms with Crippen LogP contribution in [0.2, 0.25) is 0 Å². The molecule has 3 rings (SSSR count). The summed E-state index contributed by atoms with van der Waals surface area (Å²) in [7, 11) is 0. The summed E-state index contributed by atoms with van der Waals surface area (Å²) in [5.74, 6) is 1.16. The minimum Gasteiger partial charge on any atom is -0.494 e. The number of aromatic nitrogens is 2. The number of nitrogens with two attached hydrogens (primary N) is 1. The standard InChI is InChI=1S/C24H30N6O3/c1-6-32-18-9-7-17(8-10-18)29(23(31)33-24(3,4)5)22-16(2)21(27-14-12-25)19(15-26)20-11-13-28-30(20)22/h7-11,13,27H,6,12,14,25H2,1-5H3. The molecule has 2 heterocycles. The zero-order valence-electron chi connectivity index (χ0n) is 19.7. The van der Waals surface area contributed by atoms with Gasteiger partial charge >= 0.3 is 6.09 Å². The van der Waals surface area contributed by atoms with Crippen molar-refractivity contribution in [2.75, 3.05) is 29.9 Å². The highest BCUT2D eigenvalue weighted by Crippen LogP contribution is 2.37. The molecule has 33 heavy (non-hydrogen) atoms. The molecule has 1 amide bonds. The Morgan fingerprint density at radius 1 is 1.27 bits per heavy atom. The van der Waals surface area contributed by atoms with Gasteiger partial charge in [0.2, 0.25) is 0 Å². The summed E-state index contributed by atoms with van der Waals surface area (Å²) in [6.07, 6.45) is 1.03. The van der Waals surface area contributed by atoms with E-state index < -0.39 is 11.7 Å². The molecule has 0 spiro atoms. The Bertz CT molecular complexity index is 1170.